The molecule has 5 heteroatoms. The third-order valence-electron chi connectivity index (χ3n) is 3.29. The molecule has 0 aromatic carbocycles. The summed E-state index contributed by atoms with van der Waals surface area (Å²) in [4.78, 5) is 36.4. The van der Waals surface area contributed by atoms with Gasteiger partial charge in [0.2, 0.25) is 5.91 Å². The molecular formula is C15H20N2O3. The summed E-state index contributed by atoms with van der Waals surface area (Å²) in [7, 11) is 1.52. The van der Waals surface area contributed by atoms with Gasteiger partial charge in [0.25, 0.3) is 5.91 Å². The number of carbonyl (C=O) groups is 3. The first-order valence-corrected chi connectivity index (χ1v) is 6.55. The second kappa shape index (κ2) is 7.43. The molecule has 1 aliphatic rings. The summed E-state index contributed by atoms with van der Waals surface area (Å²) in [6.07, 6.45) is 6.39. The Kier molecular flexibility index (Phi) is 5.90. The highest BCUT2D eigenvalue weighted by molar-refractivity contribution is 6.04. The second-order valence-corrected chi connectivity index (χ2v) is 4.44. The maximum atomic E-state index is 12.4. The molecule has 1 unspecified atom stereocenters. The molecule has 5 nitrogen and oxygen atoms in total. The van der Waals surface area contributed by atoms with Crippen LogP contribution in [-0.2, 0) is 14.4 Å². The van der Waals surface area contributed by atoms with E-state index in [4.69, 9.17) is 0 Å². The average Bonchev–Trinajstić information content (AvgIpc) is 2.77. The first kappa shape index (κ1) is 15.9. The molecule has 0 bridgehead atoms. The highest BCUT2D eigenvalue weighted by Crippen LogP contribution is 2.26. The minimum atomic E-state index is -0.622. The van der Waals surface area contributed by atoms with E-state index >= 15 is 0 Å². The number of hydrogen-bond acceptors (Lipinski definition) is 3. The standard InChI is InChI=1S/C15H20N2O3/c1-4-7-12-11(5-2)10-17(15(12)20)13(8-6-9-18)14(19)16-3/h4-5,7,9,13H,1,6,8,10H2,2-3H3,(H,16,19)/b11-5-,12-7+. The molecule has 1 aliphatic heterocycles. The van der Waals surface area contributed by atoms with Crippen LogP contribution in [0.2, 0.25) is 0 Å². The normalized spacial score (nSPS) is 20.3. The van der Waals surface area contributed by atoms with Crippen LogP contribution in [0.15, 0.2) is 36.0 Å². The van der Waals surface area contributed by atoms with Crippen LogP contribution in [0.25, 0.3) is 0 Å². The Morgan fingerprint density at radius 1 is 1.55 bits per heavy atom. The van der Waals surface area contributed by atoms with Gasteiger partial charge in [-0.1, -0.05) is 18.7 Å². The van der Waals surface area contributed by atoms with Crippen molar-refractivity contribution >= 4 is 18.1 Å². The quantitative estimate of drug-likeness (QED) is 0.581. The van der Waals surface area contributed by atoms with Crippen LogP contribution in [-0.4, -0.2) is 42.6 Å². The maximum Gasteiger partial charge on any atom is 0.255 e. The SMILES string of the molecule is C=C/C=C1/C(=O)N(C(CCC=O)C(=O)NC)C/C1=C/C. The molecule has 20 heavy (non-hydrogen) atoms. The summed E-state index contributed by atoms with van der Waals surface area (Å²) < 4.78 is 0. The fraction of sp³-hybridized carbons (Fsp3) is 0.400. The summed E-state index contributed by atoms with van der Waals surface area (Å²) in [6, 6.07) is -0.622. The topological polar surface area (TPSA) is 66.5 Å². The minimum absolute atomic E-state index is 0.197. The number of aldehydes is 1. The van der Waals surface area contributed by atoms with E-state index in [1.165, 1.54) is 11.9 Å². The van der Waals surface area contributed by atoms with Gasteiger partial charge in [0.05, 0.1) is 0 Å². The lowest BCUT2D eigenvalue weighted by molar-refractivity contribution is -0.136. The van der Waals surface area contributed by atoms with Crippen molar-refractivity contribution in [2.75, 3.05) is 13.6 Å². The van der Waals surface area contributed by atoms with Gasteiger partial charge in [-0.2, -0.15) is 0 Å². The zero-order chi connectivity index (χ0) is 15.1. The Morgan fingerprint density at radius 3 is 2.75 bits per heavy atom. The molecule has 1 atom stereocenters. The predicted octanol–water partition coefficient (Wildman–Crippen LogP) is 0.981. The first-order chi connectivity index (χ1) is 9.60. The number of allylic oxidation sites excluding steroid dienone is 3. The third kappa shape index (κ3) is 3.23. The van der Waals surface area contributed by atoms with Crippen molar-refractivity contribution in [3.05, 3.63) is 36.0 Å². The van der Waals surface area contributed by atoms with E-state index in [0.29, 0.717) is 18.5 Å². The van der Waals surface area contributed by atoms with E-state index in [-0.39, 0.29) is 18.2 Å². The number of nitrogens with zero attached hydrogens (tertiary/aromatic N) is 1. The van der Waals surface area contributed by atoms with Crippen molar-refractivity contribution in [3.63, 3.8) is 0 Å². The van der Waals surface area contributed by atoms with E-state index in [1.54, 1.807) is 12.2 Å². The van der Waals surface area contributed by atoms with Crippen molar-refractivity contribution < 1.29 is 14.4 Å². The molecule has 108 valence electrons. The van der Waals surface area contributed by atoms with Crippen molar-refractivity contribution in [1.82, 2.24) is 10.2 Å². The molecule has 1 rings (SSSR count). The number of rotatable bonds is 6. The third-order valence-corrected chi connectivity index (χ3v) is 3.29. The van der Waals surface area contributed by atoms with Crippen LogP contribution in [0.4, 0.5) is 0 Å². The largest absolute Gasteiger partial charge is 0.357 e. The minimum Gasteiger partial charge on any atom is -0.357 e. The fourth-order valence-electron chi connectivity index (χ4n) is 2.25. The lowest BCUT2D eigenvalue weighted by atomic mass is 10.1. The molecule has 0 spiro atoms. The molecule has 2 amide bonds. The summed E-state index contributed by atoms with van der Waals surface area (Å²) in [6.45, 7) is 5.83. The maximum absolute atomic E-state index is 12.4. The first-order valence-electron chi connectivity index (χ1n) is 6.55. The van der Waals surface area contributed by atoms with Gasteiger partial charge in [-0.15, -0.1) is 0 Å². The average molecular weight is 276 g/mol. The van der Waals surface area contributed by atoms with Gasteiger partial charge in [-0.05, 0) is 25.0 Å². The van der Waals surface area contributed by atoms with Gasteiger partial charge >= 0.3 is 0 Å². The fourth-order valence-corrected chi connectivity index (χ4v) is 2.25. The van der Waals surface area contributed by atoms with Crippen LogP contribution in [0.1, 0.15) is 19.8 Å². The van der Waals surface area contributed by atoms with Crippen molar-refractivity contribution in [2.24, 2.45) is 0 Å². The molecule has 1 saturated heterocycles. The smallest absolute Gasteiger partial charge is 0.255 e. The van der Waals surface area contributed by atoms with E-state index in [2.05, 4.69) is 11.9 Å². The summed E-state index contributed by atoms with van der Waals surface area (Å²) in [5.41, 5.74) is 1.43. The van der Waals surface area contributed by atoms with Crippen LogP contribution < -0.4 is 5.32 Å². The van der Waals surface area contributed by atoms with Crippen LogP contribution in [0.3, 0.4) is 0 Å². The Morgan fingerprint density at radius 2 is 2.25 bits per heavy atom. The molecule has 0 aliphatic carbocycles. The number of amides is 2. The number of nitrogens with one attached hydrogen (secondary N) is 1. The van der Waals surface area contributed by atoms with Crippen molar-refractivity contribution in [1.29, 1.82) is 0 Å². The van der Waals surface area contributed by atoms with Gasteiger partial charge in [-0.25, -0.2) is 0 Å². The Labute approximate surface area is 119 Å². The number of hydrogen-bond donors (Lipinski definition) is 1. The summed E-state index contributed by atoms with van der Waals surface area (Å²) in [5.74, 6) is -0.451. The van der Waals surface area contributed by atoms with Crippen LogP contribution >= 0.6 is 0 Å². The van der Waals surface area contributed by atoms with E-state index < -0.39 is 6.04 Å². The molecule has 0 aromatic heterocycles. The highest BCUT2D eigenvalue weighted by Gasteiger charge is 2.37. The van der Waals surface area contributed by atoms with Gasteiger partial charge in [0.15, 0.2) is 0 Å². The van der Waals surface area contributed by atoms with Crippen LogP contribution in [0.5, 0.6) is 0 Å². The van der Waals surface area contributed by atoms with Crippen molar-refractivity contribution in [2.45, 2.75) is 25.8 Å². The molecule has 0 aromatic rings. The molecule has 1 heterocycles. The molecule has 0 radical (unpaired) electrons. The predicted molar refractivity (Wildman–Crippen MR) is 76.9 cm³/mol. The molecular weight excluding hydrogens is 256 g/mol. The Bertz CT molecular complexity index is 478. The monoisotopic (exact) mass is 276 g/mol. The zero-order valence-corrected chi connectivity index (χ0v) is 11.9. The number of likely N-dealkylation sites (N-methyl/N-ethyl adjacent to an activating group) is 1. The van der Waals surface area contributed by atoms with Crippen molar-refractivity contribution in [3.8, 4) is 0 Å². The Balaban J connectivity index is 3.06. The molecule has 1 fully saturated rings. The summed E-state index contributed by atoms with van der Waals surface area (Å²) in [5, 5.41) is 2.54. The zero-order valence-electron chi connectivity index (χ0n) is 11.9. The number of carbonyl (C=O) groups excluding carboxylic acids is 3. The van der Waals surface area contributed by atoms with Gasteiger partial charge < -0.3 is 15.0 Å². The van der Waals surface area contributed by atoms with Gasteiger partial charge in [0, 0.05) is 25.6 Å². The van der Waals surface area contributed by atoms with E-state index in [9.17, 15) is 14.4 Å². The number of likely N-dealkylation sites (tertiary alicyclic amines) is 1. The second-order valence-electron chi connectivity index (χ2n) is 4.44. The van der Waals surface area contributed by atoms with Gasteiger partial charge in [-0.3, -0.25) is 9.59 Å². The lowest BCUT2D eigenvalue weighted by Gasteiger charge is -2.25. The van der Waals surface area contributed by atoms with Crippen LogP contribution in [0, 0.1) is 0 Å². The van der Waals surface area contributed by atoms with Gasteiger partial charge in [0.1, 0.15) is 12.3 Å². The van der Waals surface area contributed by atoms with E-state index in [0.717, 1.165) is 11.9 Å². The molecule has 1 N–H and O–H groups in total. The molecule has 0 saturated carbocycles. The summed E-state index contributed by atoms with van der Waals surface area (Å²) >= 11 is 0. The Hall–Kier alpha value is -2.17. The lowest BCUT2D eigenvalue weighted by Crippen LogP contribution is -2.46. The van der Waals surface area contributed by atoms with E-state index in [1.807, 2.05) is 13.0 Å². The highest BCUT2D eigenvalue weighted by atomic mass is 16.2.